The van der Waals surface area contributed by atoms with Gasteiger partial charge in [-0.3, -0.25) is 4.79 Å². The lowest BCUT2D eigenvalue weighted by Gasteiger charge is -2.32. The fourth-order valence-electron chi connectivity index (χ4n) is 3.21. The van der Waals surface area contributed by atoms with Crippen LogP contribution in [0.4, 0.5) is 0 Å². The maximum absolute atomic E-state index is 9.68. The topological polar surface area (TPSA) is 37.3 Å². The minimum Gasteiger partial charge on any atom is -0.481 e. The summed E-state index contributed by atoms with van der Waals surface area (Å²) in [5, 5.41) is 7.97. The van der Waals surface area contributed by atoms with E-state index in [0.717, 1.165) is 11.8 Å². The van der Waals surface area contributed by atoms with Gasteiger partial charge in [-0.1, -0.05) is 64.2 Å². The standard InChI is InChI=1S/C12H22.C3H7O2P/c1-3-7-11(8-4-1)12-9-5-2-6-10-12;1-2(6)3(4)5/h11-12H,1-10H2;2H,6H2,1H3,(H,4,5). The van der Waals surface area contributed by atoms with Crippen LogP contribution in [0.5, 0.6) is 0 Å². The summed E-state index contributed by atoms with van der Waals surface area (Å²) < 4.78 is 0. The van der Waals surface area contributed by atoms with E-state index in [2.05, 4.69) is 9.24 Å². The zero-order chi connectivity index (χ0) is 13.4. The largest absolute Gasteiger partial charge is 0.481 e. The normalized spacial score (nSPS) is 23.9. The van der Waals surface area contributed by atoms with Crippen molar-refractivity contribution in [1.82, 2.24) is 0 Å². The minimum atomic E-state index is -0.778. The third kappa shape index (κ3) is 6.18. The van der Waals surface area contributed by atoms with E-state index >= 15 is 0 Å². The highest BCUT2D eigenvalue weighted by atomic mass is 31.0. The van der Waals surface area contributed by atoms with Crippen LogP contribution >= 0.6 is 9.24 Å². The Labute approximate surface area is 114 Å². The van der Waals surface area contributed by atoms with E-state index in [9.17, 15) is 4.79 Å². The highest BCUT2D eigenvalue weighted by molar-refractivity contribution is 7.19. The van der Waals surface area contributed by atoms with Crippen LogP contribution < -0.4 is 0 Å². The minimum absolute atomic E-state index is 0.315. The molecule has 2 nitrogen and oxygen atoms in total. The zero-order valence-corrected chi connectivity index (χ0v) is 12.9. The van der Waals surface area contributed by atoms with Gasteiger partial charge in [0.2, 0.25) is 0 Å². The van der Waals surface area contributed by atoms with Gasteiger partial charge in [0.15, 0.2) is 0 Å². The molecule has 2 atom stereocenters. The van der Waals surface area contributed by atoms with Gasteiger partial charge in [0.1, 0.15) is 0 Å². The van der Waals surface area contributed by atoms with Crippen LogP contribution in [0.3, 0.4) is 0 Å². The molecule has 2 rings (SSSR count). The van der Waals surface area contributed by atoms with Crippen molar-refractivity contribution in [3.05, 3.63) is 0 Å². The fourth-order valence-corrected chi connectivity index (χ4v) is 3.21. The maximum atomic E-state index is 9.68. The van der Waals surface area contributed by atoms with Crippen molar-refractivity contribution in [2.24, 2.45) is 11.8 Å². The Balaban J connectivity index is 0.000000232. The zero-order valence-electron chi connectivity index (χ0n) is 11.7. The van der Waals surface area contributed by atoms with Crippen LogP contribution in [-0.4, -0.2) is 16.7 Å². The Bertz CT molecular complexity index is 213. The number of hydrogen-bond acceptors (Lipinski definition) is 1. The van der Waals surface area contributed by atoms with Crippen molar-refractivity contribution >= 4 is 15.2 Å². The van der Waals surface area contributed by atoms with Gasteiger partial charge < -0.3 is 5.11 Å². The molecule has 0 spiro atoms. The Morgan fingerprint density at radius 1 is 0.944 bits per heavy atom. The van der Waals surface area contributed by atoms with E-state index in [1.165, 1.54) is 38.5 Å². The summed E-state index contributed by atoms with van der Waals surface area (Å²) in [6.07, 6.45) is 15.4. The van der Waals surface area contributed by atoms with Crippen molar-refractivity contribution in [3.63, 3.8) is 0 Å². The van der Waals surface area contributed by atoms with Gasteiger partial charge in [0, 0.05) is 0 Å². The molecule has 0 aliphatic heterocycles. The van der Waals surface area contributed by atoms with E-state index in [-0.39, 0.29) is 5.66 Å². The first-order valence-corrected chi connectivity index (χ1v) is 8.26. The Hall–Kier alpha value is -0.100. The molecule has 0 aromatic carbocycles. The first-order valence-electron chi connectivity index (χ1n) is 7.59. The molecule has 2 aliphatic carbocycles. The Morgan fingerprint density at radius 2 is 1.22 bits per heavy atom. The number of carboxylic acids is 1. The van der Waals surface area contributed by atoms with Gasteiger partial charge >= 0.3 is 5.97 Å². The maximum Gasteiger partial charge on any atom is 0.310 e. The van der Waals surface area contributed by atoms with Crippen LogP contribution in [0.15, 0.2) is 0 Å². The molecule has 106 valence electrons. The summed E-state index contributed by atoms with van der Waals surface area (Å²) in [6, 6.07) is 0. The fraction of sp³-hybridized carbons (Fsp3) is 0.933. The molecule has 0 heterocycles. The first-order chi connectivity index (χ1) is 8.61. The van der Waals surface area contributed by atoms with E-state index in [0.29, 0.717) is 0 Å². The monoisotopic (exact) mass is 272 g/mol. The molecular formula is C15H29O2P. The van der Waals surface area contributed by atoms with Crippen LogP contribution in [0.25, 0.3) is 0 Å². The SMILES string of the molecule is C1CCC(C2CCCCC2)CC1.CC(P)C(=O)O. The predicted octanol–water partition coefficient (Wildman–Crippen LogP) is 4.48. The molecule has 2 aliphatic rings. The Morgan fingerprint density at radius 3 is 1.44 bits per heavy atom. The van der Waals surface area contributed by atoms with Crippen molar-refractivity contribution in [2.45, 2.75) is 76.8 Å². The summed E-state index contributed by atoms with van der Waals surface area (Å²) in [7, 11) is 2.17. The average molecular weight is 272 g/mol. The molecular weight excluding hydrogens is 243 g/mol. The highest BCUT2D eigenvalue weighted by Crippen LogP contribution is 2.37. The lowest BCUT2D eigenvalue weighted by Crippen LogP contribution is -2.20. The summed E-state index contributed by atoms with van der Waals surface area (Å²) in [4.78, 5) is 9.68. The second-order valence-corrected chi connectivity index (χ2v) is 6.92. The van der Waals surface area contributed by atoms with Crippen LogP contribution in [0, 0.1) is 11.8 Å². The third-order valence-electron chi connectivity index (χ3n) is 4.36. The quantitative estimate of drug-likeness (QED) is 0.752. The molecule has 0 aromatic heterocycles. The second-order valence-electron chi connectivity index (χ2n) is 5.92. The molecule has 0 aromatic rings. The summed E-state index contributed by atoms with van der Waals surface area (Å²) >= 11 is 0. The lowest BCUT2D eigenvalue weighted by molar-refractivity contribution is -0.136. The molecule has 2 fully saturated rings. The van der Waals surface area contributed by atoms with Crippen molar-refractivity contribution < 1.29 is 9.90 Å². The molecule has 0 saturated heterocycles. The van der Waals surface area contributed by atoms with Gasteiger partial charge in [-0.2, -0.15) is 0 Å². The highest BCUT2D eigenvalue weighted by Gasteiger charge is 2.24. The number of rotatable bonds is 2. The van der Waals surface area contributed by atoms with Crippen molar-refractivity contribution in [1.29, 1.82) is 0 Å². The van der Waals surface area contributed by atoms with Crippen LogP contribution in [0.1, 0.15) is 71.1 Å². The molecule has 0 bridgehead atoms. The molecule has 2 unspecified atom stereocenters. The van der Waals surface area contributed by atoms with Gasteiger partial charge in [-0.05, 0) is 18.8 Å². The van der Waals surface area contributed by atoms with Gasteiger partial charge in [0.05, 0.1) is 5.66 Å². The Kier molecular flexibility index (Phi) is 7.90. The average Bonchev–Trinajstić information content (AvgIpc) is 2.41. The summed E-state index contributed by atoms with van der Waals surface area (Å²) in [6.45, 7) is 1.60. The summed E-state index contributed by atoms with van der Waals surface area (Å²) in [5.41, 5.74) is -0.315. The number of hydrogen-bond donors (Lipinski definition) is 1. The lowest BCUT2D eigenvalue weighted by atomic mass is 9.73. The van der Waals surface area contributed by atoms with E-state index in [1.807, 2.05) is 0 Å². The van der Waals surface area contributed by atoms with E-state index in [1.54, 1.807) is 32.6 Å². The summed E-state index contributed by atoms with van der Waals surface area (Å²) in [5.74, 6) is 1.50. The molecule has 2 saturated carbocycles. The third-order valence-corrected chi connectivity index (χ3v) is 4.64. The van der Waals surface area contributed by atoms with Gasteiger partial charge in [-0.15, -0.1) is 9.24 Å². The number of carboxylic acid groups (broad SMARTS) is 1. The smallest absolute Gasteiger partial charge is 0.310 e. The molecule has 18 heavy (non-hydrogen) atoms. The van der Waals surface area contributed by atoms with Gasteiger partial charge in [0.25, 0.3) is 0 Å². The molecule has 1 N–H and O–H groups in total. The molecule has 0 radical (unpaired) electrons. The van der Waals surface area contributed by atoms with Crippen LogP contribution in [0.2, 0.25) is 0 Å². The van der Waals surface area contributed by atoms with Crippen molar-refractivity contribution in [3.8, 4) is 0 Å². The number of carbonyl (C=O) groups is 1. The molecule has 0 amide bonds. The first kappa shape index (κ1) is 16.0. The van der Waals surface area contributed by atoms with E-state index in [4.69, 9.17) is 5.11 Å². The second kappa shape index (κ2) is 8.91. The van der Waals surface area contributed by atoms with E-state index < -0.39 is 5.97 Å². The number of aliphatic carboxylic acids is 1. The van der Waals surface area contributed by atoms with Crippen LogP contribution in [-0.2, 0) is 4.79 Å². The molecule has 3 heteroatoms. The van der Waals surface area contributed by atoms with Gasteiger partial charge in [-0.25, -0.2) is 0 Å². The predicted molar refractivity (Wildman–Crippen MR) is 80.0 cm³/mol. The van der Waals surface area contributed by atoms with Crippen molar-refractivity contribution in [2.75, 3.05) is 0 Å².